The molecule has 0 saturated heterocycles. The van der Waals surface area contributed by atoms with E-state index < -0.39 is 13.3 Å². The quantitative estimate of drug-likeness (QED) is 0.128. The molecule has 237 valence electrons. The van der Waals surface area contributed by atoms with Crippen LogP contribution in [-0.4, -0.2) is 23.2 Å². The van der Waals surface area contributed by atoms with Crippen molar-refractivity contribution in [2.45, 2.75) is 62.7 Å². The molecule has 6 aromatic rings. The van der Waals surface area contributed by atoms with E-state index in [0.717, 1.165) is 56.8 Å². The SMILES string of the molecule is Cc1ccc2oc3c(-c4cc(CC5CC6CCC5CC6)ccn4)[c-]ccc3c2c1.[CH3][Ge]([CH3])([CH3])[c]1ccc(-c2[c-]cccc2)nc1.[Ir]. The van der Waals surface area contributed by atoms with Crippen molar-refractivity contribution in [1.82, 2.24) is 9.97 Å². The van der Waals surface area contributed by atoms with Crippen LogP contribution < -0.4 is 4.40 Å². The Hall–Kier alpha value is -3.05. The monoisotopic (exact) mass is 845 g/mol. The second-order valence-electron chi connectivity index (χ2n) is 14.2. The number of nitrogens with zero attached hydrogens (tertiary/aromatic N) is 2. The molecule has 2 bridgehead atoms. The molecule has 3 aliphatic rings. The van der Waals surface area contributed by atoms with Crippen LogP contribution in [-0.2, 0) is 26.5 Å². The van der Waals surface area contributed by atoms with Crippen molar-refractivity contribution < 1.29 is 24.5 Å². The number of aryl methyl sites for hydroxylation is 1. The van der Waals surface area contributed by atoms with Crippen LogP contribution in [0.15, 0.2) is 95.7 Å². The van der Waals surface area contributed by atoms with Crippen LogP contribution >= 0.6 is 0 Å². The normalized spacial score (nSPS) is 19.0. The summed E-state index contributed by atoms with van der Waals surface area (Å²) in [4.78, 5) is 9.23. The standard InChI is InChI=1S/C27H26NO.C14H16GeN.Ir/c1-17-5-10-26-24(13-17)22-3-2-4-23(27(22)29-26)25-16-19(11-12-28-25)15-21-14-18-6-8-20(21)9-7-18;1-15(2,3)13-9-10-14(16-11-13)12-7-5-4-6-8-12;/h2-3,5,10-13,16,18,20-21H,6-9,14-15H2,1H3;4-7,9-11H,1-3H3;/q2*-1;. The first-order valence-electron chi connectivity index (χ1n) is 16.5. The zero-order valence-corrected chi connectivity index (χ0v) is 31.8. The van der Waals surface area contributed by atoms with Gasteiger partial charge in [0.15, 0.2) is 0 Å². The van der Waals surface area contributed by atoms with Crippen molar-refractivity contribution in [3.63, 3.8) is 0 Å². The van der Waals surface area contributed by atoms with E-state index in [-0.39, 0.29) is 20.1 Å². The van der Waals surface area contributed by atoms with E-state index in [2.05, 4.69) is 89.8 Å². The fraction of sp³-hybridized carbons (Fsp3) is 0.317. The molecule has 3 aromatic carbocycles. The van der Waals surface area contributed by atoms with Crippen LogP contribution in [0.1, 0.15) is 43.2 Å². The Bertz CT molecular complexity index is 1920. The van der Waals surface area contributed by atoms with E-state index in [1.165, 1.54) is 59.4 Å². The van der Waals surface area contributed by atoms with E-state index in [1.807, 2.05) is 42.7 Å². The third-order valence-electron chi connectivity index (χ3n) is 9.97. The van der Waals surface area contributed by atoms with Crippen LogP contribution in [0.4, 0.5) is 0 Å². The van der Waals surface area contributed by atoms with E-state index in [0.29, 0.717) is 0 Å². The van der Waals surface area contributed by atoms with Gasteiger partial charge in [0.2, 0.25) is 0 Å². The largest absolute Gasteiger partial charge is 0 e. The minimum Gasteiger partial charge on any atom is 0 e. The number of rotatable bonds is 5. The molecule has 1 unspecified atom stereocenters. The molecule has 1 atom stereocenters. The summed E-state index contributed by atoms with van der Waals surface area (Å²) in [5.74, 6) is 9.91. The van der Waals surface area contributed by atoms with Gasteiger partial charge in [-0.3, -0.25) is 0 Å². The fourth-order valence-electron chi connectivity index (χ4n) is 7.40. The van der Waals surface area contributed by atoms with Crippen LogP contribution in [0.25, 0.3) is 44.5 Å². The molecule has 46 heavy (non-hydrogen) atoms. The summed E-state index contributed by atoms with van der Waals surface area (Å²) < 4.78 is 7.70. The number of aromatic nitrogens is 2. The number of benzene rings is 3. The van der Waals surface area contributed by atoms with Gasteiger partial charge in [0.1, 0.15) is 5.58 Å². The number of furan rings is 1. The first kappa shape index (κ1) is 32.9. The molecule has 3 nitrogen and oxygen atoms in total. The smallest absolute Gasteiger partial charge is 0 e. The van der Waals surface area contributed by atoms with Crippen molar-refractivity contribution in [3.8, 4) is 22.5 Å². The molecule has 3 aromatic heterocycles. The third kappa shape index (κ3) is 7.10. The van der Waals surface area contributed by atoms with E-state index >= 15 is 0 Å². The maximum Gasteiger partial charge on any atom is 0 e. The Morgan fingerprint density at radius 2 is 1.67 bits per heavy atom. The van der Waals surface area contributed by atoms with Gasteiger partial charge in [-0.1, -0.05) is 47.1 Å². The zero-order valence-electron chi connectivity index (χ0n) is 27.3. The van der Waals surface area contributed by atoms with Crippen molar-refractivity contribution in [1.29, 1.82) is 0 Å². The van der Waals surface area contributed by atoms with Gasteiger partial charge in [-0.15, -0.1) is 18.2 Å². The van der Waals surface area contributed by atoms with E-state index in [1.54, 1.807) is 0 Å². The molecule has 0 spiro atoms. The first-order chi connectivity index (χ1) is 21.8. The minimum atomic E-state index is -1.72. The molecule has 9 rings (SSSR count). The molecule has 5 heteroatoms. The zero-order chi connectivity index (χ0) is 31.0. The molecule has 3 aliphatic carbocycles. The summed E-state index contributed by atoms with van der Waals surface area (Å²) in [7, 11) is 0. The Balaban J connectivity index is 0.000000187. The average molecular weight is 844 g/mol. The maximum atomic E-state index is 6.25. The Kier molecular flexibility index (Phi) is 9.99. The molecule has 1 radical (unpaired) electrons. The van der Waals surface area contributed by atoms with Crippen molar-refractivity contribution in [3.05, 3.63) is 115 Å². The molecule has 0 amide bonds. The number of pyridine rings is 2. The molecule has 0 aliphatic heterocycles. The van der Waals surface area contributed by atoms with Gasteiger partial charge in [0.25, 0.3) is 0 Å². The second kappa shape index (κ2) is 14.0. The third-order valence-corrected chi connectivity index (χ3v) is 14.2. The molecule has 3 heterocycles. The molecule has 3 fully saturated rings. The summed E-state index contributed by atoms with van der Waals surface area (Å²) in [5.41, 5.74) is 8.51. The molecule has 0 N–H and O–H groups in total. The van der Waals surface area contributed by atoms with Gasteiger partial charge < -0.3 is 9.40 Å². The second-order valence-corrected chi connectivity index (χ2v) is 24.8. The van der Waals surface area contributed by atoms with Crippen molar-refractivity contribution in [2.24, 2.45) is 17.8 Å². The predicted octanol–water partition coefficient (Wildman–Crippen LogP) is 10.2. The number of hydrogen-bond donors (Lipinski definition) is 0. The van der Waals surface area contributed by atoms with Gasteiger partial charge in [0, 0.05) is 31.7 Å². The van der Waals surface area contributed by atoms with Crippen molar-refractivity contribution in [2.75, 3.05) is 0 Å². The summed E-state index contributed by atoms with van der Waals surface area (Å²) in [6.45, 7) is 2.12. The van der Waals surface area contributed by atoms with Gasteiger partial charge in [-0.25, -0.2) is 0 Å². The van der Waals surface area contributed by atoms with Crippen LogP contribution in [0, 0.1) is 36.8 Å². The van der Waals surface area contributed by atoms with Gasteiger partial charge in [-0.2, -0.15) is 0 Å². The fourth-order valence-corrected chi connectivity index (χ4v) is 9.57. The van der Waals surface area contributed by atoms with Crippen LogP contribution in [0.3, 0.4) is 0 Å². The van der Waals surface area contributed by atoms with Crippen LogP contribution in [0.5, 0.6) is 0 Å². The maximum absolute atomic E-state index is 6.25. The van der Waals surface area contributed by atoms with Crippen molar-refractivity contribution >= 4 is 39.6 Å². The predicted molar refractivity (Wildman–Crippen MR) is 189 cm³/mol. The summed E-state index contributed by atoms with van der Waals surface area (Å²) in [5, 5.41) is 2.32. The molecule has 3 saturated carbocycles. The van der Waals surface area contributed by atoms with Crippen LogP contribution in [0.2, 0.25) is 17.3 Å². The number of hydrogen-bond acceptors (Lipinski definition) is 3. The summed E-state index contributed by atoms with van der Waals surface area (Å²) in [6, 6.07) is 33.8. The minimum absolute atomic E-state index is 0. The van der Waals surface area contributed by atoms with Gasteiger partial charge in [-0.05, 0) is 74.3 Å². The molecular formula is C41H42GeIrN2O-2. The Morgan fingerprint density at radius 3 is 2.37 bits per heavy atom. The number of fused-ring (bicyclic) bond motifs is 6. The summed E-state index contributed by atoms with van der Waals surface area (Å²) in [6.07, 6.45) is 12.4. The van der Waals surface area contributed by atoms with E-state index in [4.69, 9.17) is 9.40 Å². The van der Waals surface area contributed by atoms with Gasteiger partial charge in [0.05, 0.1) is 5.58 Å². The van der Waals surface area contributed by atoms with E-state index in [9.17, 15) is 0 Å². The Labute approximate surface area is 290 Å². The molecular weight excluding hydrogens is 801 g/mol. The average Bonchev–Trinajstić information content (AvgIpc) is 3.44. The Morgan fingerprint density at radius 1 is 0.826 bits per heavy atom. The van der Waals surface area contributed by atoms with Gasteiger partial charge >= 0.3 is 99.8 Å². The summed E-state index contributed by atoms with van der Waals surface area (Å²) >= 11 is -1.72. The first-order valence-corrected chi connectivity index (χ1v) is 23.9. The topological polar surface area (TPSA) is 38.9 Å².